The van der Waals surface area contributed by atoms with Crippen molar-refractivity contribution in [2.24, 2.45) is 5.11 Å². The standard InChI is InChI=1S/C12H15N3O4S/c13-15-14-9-11(18)10(17)8(6-16)19-12(9)20-7-4-2-1-3-5-7/h1-5,8-12,16-18H,6H2/t8-,9+,10+,11-,12+/m1/s1. The number of rotatable bonds is 4. The lowest BCUT2D eigenvalue weighted by Gasteiger charge is -2.40. The largest absolute Gasteiger partial charge is 0.394 e. The van der Waals surface area contributed by atoms with E-state index in [1.165, 1.54) is 11.8 Å². The van der Waals surface area contributed by atoms with Gasteiger partial charge < -0.3 is 20.1 Å². The maximum atomic E-state index is 10.00. The molecule has 1 fully saturated rings. The highest BCUT2D eigenvalue weighted by molar-refractivity contribution is 7.99. The second kappa shape index (κ2) is 6.94. The Morgan fingerprint density at radius 1 is 1.25 bits per heavy atom. The van der Waals surface area contributed by atoms with Gasteiger partial charge in [0.25, 0.3) is 0 Å². The molecular weight excluding hydrogens is 282 g/mol. The van der Waals surface area contributed by atoms with E-state index in [1.807, 2.05) is 30.3 Å². The summed E-state index contributed by atoms with van der Waals surface area (Å²) in [4.78, 5) is 3.56. The number of thioether (sulfide) groups is 1. The molecule has 5 atom stereocenters. The highest BCUT2D eigenvalue weighted by atomic mass is 32.2. The molecule has 1 saturated heterocycles. The summed E-state index contributed by atoms with van der Waals surface area (Å²) in [5, 5.41) is 32.5. The fraction of sp³-hybridized carbons (Fsp3) is 0.500. The molecule has 0 bridgehead atoms. The molecule has 1 aromatic carbocycles. The Morgan fingerprint density at radius 3 is 2.55 bits per heavy atom. The van der Waals surface area contributed by atoms with Crippen molar-refractivity contribution in [3.63, 3.8) is 0 Å². The molecule has 1 heterocycles. The zero-order valence-corrected chi connectivity index (χ0v) is 11.3. The Kier molecular flexibility index (Phi) is 5.24. The van der Waals surface area contributed by atoms with Gasteiger partial charge in [0.15, 0.2) is 0 Å². The highest BCUT2D eigenvalue weighted by Crippen LogP contribution is 2.34. The third kappa shape index (κ3) is 3.24. The van der Waals surface area contributed by atoms with Crippen molar-refractivity contribution in [3.05, 3.63) is 40.8 Å². The number of hydrogen-bond donors (Lipinski definition) is 3. The van der Waals surface area contributed by atoms with Gasteiger partial charge in [0.2, 0.25) is 0 Å². The average molecular weight is 297 g/mol. The number of nitrogens with zero attached hydrogens (tertiary/aromatic N) is 3. The number of benzene rings is 1. The molecule has 1 aliphatic rings. The van der Waals surface area contributed by atoms with Crippen molar-refractivity contribution in [3.8, 4) is 0 Å². The molecule has 0 aliphatic carbocycles. The molecule has 0 aromatic heterocycles. The van der Waals surface area contributed by atoms with Gasteiger partial charge in [-0.2, -0.15) is 0 Å². The zero-order valence-electron chi connectivity index (χ0n) is 10.5. The van der Waals surface area contributed by atoms with Gasteiger partial charge >= 0.3 is 0 Å². The Hall–Kier alpha value is -1.28. The molecule has 2 rings (SSSR count). The van der Waals surface area contributed by atoms with Crippen molar-refractivity contribution in [1.82, 2.24) is 0 Å². The number of azide groups is 1. The predicted octanol–water partition coefficient (Wildman–Crippen LogP) is 0.897. The molecule has 7 nitrogen and oxygen atoms in total. The van der Waals surface area contributed by atoms with E-state index in [2.05, 4.69) is 10.0 Å². The second-order valence-corrected chi connectivity index (χ2v) is 5.50. The summed E-state index contributed by atoms with van der Waals surface area (Å²) in [6, 6.07) is 8.35. The lowest BCUT2D eigenvalue weighted by Crippen LogP contribution is -2.56. The predicted molar refractivity (Wildman–Crippen MR) is 73.0 cm³/mol. The van der Waals surface area contributed by atoms with Crippen LogP contribution < -0.4 is 0 Å². The van der Waals surface area contributed by atoms with Crippen molar-refractivity contribution in [2.45, 2.75) is 34.7 Å². The molecule has 3 N–H and O–H groups in total. The first kappa shape index (κ1) is 15.1. The van der Waals surface area contributed by atoms with Crippen LogP contribution in [-0.2, 0) is 4.74 Å². The van der Waals surface area contributed by atoms with E-state index >= 15 is 0 Å². The number of aliphatic hydroxyl groups excluding tert-OH is 3. The Morgan fingerprint density at radius 2 is 1.95 bits per heavy atom. The van der Waals surface area contributed by atoms with Gasteiger partial charge in [0, 0.05) is 9.81 Å². The molecule has 0 amide bonds. The molecule has 20 heavy (non-hydrogen) atoms. The smallest absolute Gasteiger partial charge is 0.119 e. The SMILES string of the molecule is [N-]=[N+]=N[C@H]1[C@@H](O)[C@@H](O)[C@@H](CO)O[C@H]1Sc1ccccc1. The molecule has 1 aliphatic heterocycles. The zero-order chi connectivity index (χ0) is 14.5. The summed E-state index contributed by atoms with van der Waals surface area (Å²) in [5.41, 5.74) is 7.90. The number of aliphatic hydroxyl groups is 3. The molecule has 0 saturated carbocycles. The first-order chi connectivity index (χ1) is 9.67. The fourth-order valence-electron chi connectivity index (χ4n) is 1.98. The van der Waals surface area contributed by atoms with Gasteiger partial charge in [0.1, 0.15) is 23.7 Å². The number of hydrogen-bond acceptors (Lipinski definition) is 6. The second-order valence-electron chi connectivity index (χ2n) is 4.33. The van der Waals surface area contributed by atoms with E-state index in [1.54, 1.807) is 0 Å². The van der Waals surface area contributed by atoms with E-state index in [0.29, 0.717) is 0 Å². The van der Waals surface area contributed by atoms with Gasteiger partial charge in [-0.3, -0.25) is 0 Å². The normalized spacial score (nSPS) is 33.5. The van der Waals surface area contributed by atoms with Gasteiger partial charge in [-0.1, -0.05) is 35.1 Å². The third-order valence-electron chi connectivity index (χ3n) is 3.03. The summed E-state index contributed by atoms with van der Waals surface area (Å²) in [5.74, 6) is 0. The van der Waals surface area contributed by atoms with E-state index in [9.17, 15) is 15.3 Å². The third-order valence-corrected chi connectivity index (χ3v) is 4.20. The highest BCUT2D eigenvalue weighted by Gasteiger charge is 2.44. The Labute approximate surface area is 119 Å². The van der Waals surface area contributed by atoms with Crippen LogP contribution in [-0.4, -0.2) is 51.7 Å². The van der Waals surface area contributed by atoms with Crippen LogP contribution in [0.2, 0.25) is 0 Å². The summed E-state index contributed by atoms with van der Waals surface area (Å²) in [7, 11) is 0. The monoisotopic (exact) mass is 297 g/mol. The molecule has 0 radical (unpaired) electrons. The van der Waals surface area contributed by atoms with Crippen LogP contribution in [0.3, 0.4) is 0 Å². The summed E-state index contributed by atoms with van der Waals surface area (Å²) in [6.07, 6.45) is -3.47. The first-order valence-corrected chi connectivity index (χ1v) is 6.93. The number of ether oxygens (including phenoxy) is 1. The Bertz CT molecular complexity index is 483. The van der Waals surface area contributed by atoms with Crippen LogP contribution in [0.25, 0.3) is 10.4 Å². The van der Waals surface area contributed by atoms with Crippen LogP contribution in [0.4, 0.5) is 0 Å². The average Bonchev–Trinajstić information content (AvgIpc) is 2.47. The molecule has 0 unspecified atom stereocenters. The lowest BCUT2D eigenvalue weighted by molar-refractivity contribution is -0.165. The minimum Gasteiger partial charge on any atom is -0.394 e. The van der Waals surface area contributed by atoms with Gasteiger partial charge in [-0.05, 0) is 17.7 Å². The molecule has 108 valence electrons. The van der Waals surface area contributed by atoms with Crippen molar-refractivity contribution in [1.29, 1.82) is 0 Å². The molecular formula is C12H15N3O4S. The molecule has 8 heteroatoms. The molecule has 1 aromatic rings. The maximum absolute atomic E-state index is 10.00. The fourth-order valence-corrected chi connectivity index (χ4v) is 3.12. The summed E-state index contributed by atoms with van der Waals surface area (Å²) in [6.45, 7) is -0.424. The minimum absolute atomic E-state index is 0.424. The van der Waals surface area contributed by atoms with E-state index in [-0.39, 0.29) is 0 Å². The maximum Gasteiger partial charge on any atom is 0.119 e. The van der Waals surface area contributed by atoms with Crippen LogP contribution in [0, 0.1) is 0 Å². The van der Waals surface area contributed by atoms with Crippen molar-refractivity contribution < 1.29 is 20.1 Å². The Balaban J connectivity index is 2.20. The van der Waals surface area contributed by atoms with Crippen LogP contribution in [0.5, 0.6) is 0 Å². The first-order valence-electron chi connectivity index (χ1n) is 6.05. The quantitative estimate of drug-likeness (QED) is 0.433. The van der Waals surface area contributed by atoms with Gasteiger partial charge in [-0.15, -0.1) is 0 Å². The van der Waals surface area contributed by atoms with Crippen LogP contribution >= 0.6 is 11.8 Å². The van der Waals surface area contributed by atoms with Gasteiger partial charge in [0.05, 0.1) is 12.7 Å². The van der Waals surface area contributed by atoms with Crippen molar-refractivity contribution >= 4 is 11.8 Å². The van der Waals surface area contributed by atoms with Gasteiger partial charge in [-0.25, -0.2) is 0 Å². The van der Waals surface area contributed by atoms with Crippen LogP contribution in [0.15, 0.2) is 40.3 Å². The van der Waals surface area contributed by atoms with Crippen molar-refractivity contribution in [2.75, 3.05) is 6.61 Å². The minimum atomic E-state index is -1.29. The topological polar surface area (TPSA) is 119 Å². The van der Waals surface area contributed by atoms with E-state index in [4.69, 9.17) is 10.3 Å². The molecule has 0 spiro atoms. The van der Waals surface area contributed by atoms with E-state index in [0.717, 1.165) is 4.90 Å². The summed E-state index contributed by atoms with van der Waals surface area (Å²) >= 11 is 1.27. The van der Waals surface area contributed by atoms with Crippen LogP contribution in [0.1, 0.15) is 0 Å². The summed E-state index contributed by atoms with van der Waals surface area (Å²) < 4.78 is 5.53. The van der Waals surface area contributed by atoms with E-state index < -0.39 is 36.4 Å². The lowest BCUT2D eigenvalue weighted by atomic mass is 9.99.